The molecule has 0 aromatic rings. The van der Waals surface area contributed by atoms with E-state index in [9.17, 15) is 4.79 Å². The van der Waals surface area contributed by atoms with Crippen LogP contribution in [-0.2, 0) is 9.53 Å². The molecule has 1 atom stereocenters. The number of hydrogen-bond donors (Lipinski definition) is 1. The first-order valence-corrected chi connectivity index (χ1v) is 5.35. The summed E-state index contributed by atoms with van der Waals surface area (Å²) in [4.78, 5) is 10.2. The zero-order valence-electron chi connectivity index (χ0n) is 6.99. The second-order valence-electron chi connectivity index (χ2n) is 2.85. The molecular weight excluding hydrogens is 176 g/mol. The second-order valence-corrected chi connectivity index (χ2v) is 4.00. The summed E-state index contributed by atoms with van der Waals surface area (Å²) in [5.41, 5.74) is 0. The molecule has 4 heteroatoms. The first-order chi connectivity index (χ1) is 5.79. The van der Waals surface area contributed by atoms with Gasteiger partial charge in [0.15, 0.2) is 0 Å². The van der Waals surface area contributed by atoms with E-state index in [1.165, 1.54) is 12.2 Å². The number of aliphatic carboxylic acids is 1. The Bertz CT molecular complexity index is 143. The number of carboxylic acid groups (broad SMARTS) is 1. The van der Waals surface area contributed by atoms with Crippen LogP contribution in [0, 0.1) is 0 Å². The van der Waals surface area contributed by atoms with Crippen LogP contribution >= 0.6 is 11.8 Å². The second kappa shape index (κ2) is 5.43. The van der Waals surface area contributed by atoms with Gasteiger partial charge in [-0.1, -0.05) is 0 Å². The maximum absolute atomic E-state index is 10.2. The van der Waals surface area contributed by atoms with Crippen molar-refractivity contribution in [1.29, 1.82) is 0 Å². The lowest BCUT2D eigenvalue weighted by Gasteiger charge is -2.21. The fourth-order valence-electron chi connectivity index (χ4n) is 1.16. The minimum Gasteiger partial charge on any atom is -0.481 e. The molecule has 0 amide bonds. The highest BCUT2D eigenvalue weighted by atomic mass is 32.2. The molecule has 1 rings (SSSR count). The zero-order valence-corrected chi connectivity index (χ0v) is 7.81. The molecular formula is C8H14O3S. The molecule has 0 radical (unpaired) electrons. The van der Waals surface area contributed by atoms with Crippen molar-refractivity contribution in [3.63, 3.8) is 0 Å². The summed E-state index contributed by atoms with van der Waals surface area (Å²) in [5.74, 6) is 1.47. The molecule has 1 unspecified atom stereocenters. The van der Waals surface area contributed by atoms with Crippen molar-refractivity contribution in [1.82, 2.24) is 0 Å². The fraction of sp³-hybridized carbons (Fsp3) is 0.875. The topological polar surface area (TPSA) is 46.5 Å². The molecule has 1 aliphatic rings. The molecule has 0 aromatic heterocycles. The van der Waals surface area contributed by atoms with Gasteiger partial charge in [0.1, 0.15) is 0 Å². The smallest absolute Gasteiger partial charge is 0.305 e. The molecule has 0 aliphatic carbocycles. The van der Waals surface area contributed by atoms with Gasteiger partial charge in [0.2, 0.25) is 0 Å². The van der Waals surface area contributed by atoms with E-state index in [1.54, 1.807) is 0 Å². The molecule has 1 N–H and O–H groups in total. The van der Waals surface area contributed by atoms with Gasteiger partial charge in [-0.25, -0.2) is 0 Å². The molecule has 0 saturated carbocycles. The van der Waals surface area contributed by atoms with E-state index in [4.69, 9.17) is 9.84 Å². The predicted molar refractivity (Wildman–Crippen MR) is 48.6 cm³/mol. The van der Waals surface area contributed by atoms with Gasteiger partial charge in [-0.3, -0.25) is 4.79 Å². The van der Waals surface area contributed by atoms with Crippen LogP contribution in [0.15, 0.2) is 0 Å². The molecule has 3 nitrogen and oxygen atoms in total. The number of carboxylic acids is 1. The Labute approximate surface area is 76.5 Å². The number of hydrogen-bond acceptors (Lipinski definition) is 3. The molecule has 12 heavy (non-hydrogen) atoms. The van der Waals surface area contributed by atoms with Crippen LogP contribution in [0.25, 0.3) is 0 Å². The van der Waals surface area contributed by atoms with Gasteiger partial charge in [-0.05, 0) is 18.6 Å². The number of carbonyl (C=O) groups is 1. The largest absolute Gasteiger partial charge is 0.481 e. The standard InChI is InChI=1S/C8H14O3S/c9-8(10)3-4-11-7-2-1-5-12-6-7/h7H,1-6H2,(H,9,10). The van der Waals surface area contributed by atoms with E-state index in [0.29, 0.717) is 12.7 Å². The van der Waals surface area contributed by atoms with Gasteiger partial charge in [-0.15, -0.1) is 0 Å². The monoisotopic (exact) mass is 190 g/mol. The molecule has 0 aromatic carbocycles. The lowest BCUT2D eigenvalue weighted by molar-refractivity contribution is -0.138. The average molecular weight is 190 g/mol. The van der Waals surface area contributed by atoms with E-state index >= 15 is 0 Å². The van der Waals surface area contributed by atoms with Crippen LogP contribution in [-0.4, -0.2) is 35.3 Å². The van der Waals surface area contributed by atoms with E-state index in [0.717, 1.165) is 12.2 Å². The summed E-state index contributed by atoms with van der Waals surface area (Å²) >= 11 is 1.89. The summed E-state index contributed by atoms with van der Waals surface area (Å²) < 4.78 is 5.39. The molecule has 70 valence electrons. The van der Waals surface area contributed by atoms with Gasteiger partial charge in [0.25, 0.3) is 0 Å². The number of thioether (sulfide) groups is 1. The van der Waals surface area contributed by atoms with Crippen molar-refractivity contribution in [2.24, 2.45) is 0 Å². The third-order valence-electron chi connectivity index (χ3n) is 1.79. The van der Waals surface area contributed by atoms with Crippen molar-refractivity contribution in [2.45, 2.75) is 25.4 Å². The molecule has 0 spiro atoms. The van der Waals surface area contributed by atoms with E-state index in [2.05, 4.69) is 0 Å². The maximum Gasteiger partial charge on any atom is 0.305 e. The van der Waals surface area contributed by atoms with E-state index in [1.807, 2.05) is 11.8 Å². The SMILES string of the molecule is O=C(O)CCOC1CCCSC1. The highest BCUT2D eigenvalue weighted by molar-refractivity contribution is 7.99. The van der Waals surface area contributed by atoms with Gasteiger partial charge in [-0.2, -0.15) is 11.8 Å². The van der Waals surface area contributed by atoms with Gasteiger partial charge >= 0.3 is 5.97 Å². The lowest BCUT2D eigenvalue weighted by Crippen LogP contribution is -2.21. The summed E-state index contributed by atoms with van der Waals surface area (Å²) in [6.07, 6.45) is 2.71. The molecule has 0 bridgehead atoms. The van der Waals surface area contributed by atoms with Crippen molar-refractivity contribution in [3.8, 4) is 0 Å². The maximum atomic E-state index is 10.2. The lowest BCUT2D eigenvalue weighted by atomic mass is 10.2. The first kappa shape index (κ1) is 9.86. The van der Waals surface area contributed by atoms with Crippen LogP contribution in [0.2, 0.25) is 0 Å². The Morgan fingerprint density at radius 2 is 2.50 bits per heavy atom. The molecule has 1 aliphatic heterocycles. The van der Waals surface area contributed by atoms with Crippen LogP contribution in [0.5, 0.6) is 0 Å². The number of ether oxygens (including phenoxy) is 1. The van der Waals surface area contributed by atoms with Crippen molar-refractivity contribution in [2.75, 3.05) is 18.1 Å². The Kier molecular flexibility index (Phi) is 4.46. The van der Waals surface area contributed by atoms with Crippen molar-refractivity contribution < 1.29 is 14.6 Å². The Balaban J connectivity index is 2.01. The van der Waals surface area contributed by atoms with Crippen LogP contribution in [0.4, 0.5) is 0 Å². The predicted octanol–water partition coefficient (Wildman–Crippen LogP) is 1.37. The van der Waals surface area contributed by atoms with Gasteiger partial charge in [0, 0.05) is 5.75 Å². The minimum absolute atomic E-state index is 0.126. The van der Waals surface area contributed by atoms with Gasteiger partial charge in [0.05, 0.1) is 19.1 Å². The van der Waals surface area contributed by atoms with Crippen LogP contribution < -0.4 is 0 Å². The minimum atomic E-state index is -0.779. The van der Waals surface area contributed by atoms with Gasteiger partial charge < -0.3 is 9.84 Å². The Hall–Kier alpha value is -0.220. The molecule has 1 fully saturated rings. The Morgan fingerprint density at radius 1 is 1.67 bits per heavy atom. The molecule has 1 heterocycles. The van der Waals surface area contributed by atoms with Crippen molar-refractivity contribution in [3.05, 3.63) is 0 Å². The van der Waals surface area contributed by atoms with E-state index < -0.39 is 5.97 Å². The summed E-state index contributed by atoms with van der Waals surface area (Å²) in [6, 6.07) is 0. The third kappa shape index (κ3) is 3.97. The first-order valence-electron chi connectivity index (χ1n) is 4.20. The van der Waals surface area contributed by atoms with Crippen LogP contribution in [0.1, 0.15) is 19.3 Å². The quantitative estimate of drug-likeness (QED) is 0.727. The van der Waals surface area contributed by atoms with Crippen LogP contribution in [0.3, 0.4) is 0 Å². The summed E-state index contributed by atoms with van der Waals surface area (Å²) in [7, 11) is 0. The summed E-state index contributed by atoms with van der Waals surface area (Å²) in [5, 5.41) is 8.36. The normalized spacial score (nSPS) is 23.8. The van der Waals surface area contributed by atoms with E-state index in [-0.39, 0.29) is 6.42 Å². The fourth-order valence-corrected chi connectivity index (χ4v) is 2.22. The number of rotatable bonds is 4. The third-order valence-corrected chi connectivity index (χ3v) is 2.97. The summed E-state index contributed by atoms with van der Waals surface area (Å²) in [6.45, 7) is 0.362. The average Bonchev–Trinajstić information content (AvgIpc) is 2.05. The zero-order chi connectivity index (χ0) is 8.81. The van der Waals surface area contributed by atoms with Crippen molar-refractivity contribution >= 4 is 17.7 Å². The Morgan fingerprint density at radius 3 is 3.08 bits per heavy atom. The molecule has 1 saturated heterocycles. The highest BCUT2D eigenvalue weighted by Gasteiger charge is 2.13. The highest BCUT2D eigenvalue weighted by Crippen LogP contribution is 2.19.